The highest BCUT2D eigenvalue weighted by Gasteiger charge is 2.09. The zero-order valence-corrected chi connectivity index (χ0v) is 12.6. The molecule has 0 atom stereocenters. The van der Waals surface area contributed by atoms with Crippen LogP contribution in [0, 0.1) is 0 Å². The van der Waals surface area contributed by atoms with Gasteiger partial charge in [0.15, 0.2) is 5.78 Å². The summed E-state index contributed by atoms with van der Waals surface area (Å²) in [6.07, 6.45) is 0.152. The SMILES string of the molecule is O=C(Cc1ccc(Cl)c(Cl)c1)NCC(=O)c1ccccc1. The second-order valence-electron chi connectivity index (χ2n) is 4.49. The van der Waals surface area contributed by atoms with Gasteiger partial charge in [0.05, 0.1) is 23.0 Å². The molecule has 108 valence electrons. The van der Waals surface area contributed by atoms with E-state index in [9.17, 15) is 9.59 Å². The quantitative estimate of drug-likeness (QED) is 0.856. The summed E-state index contributed by atoms with van der Waals surface area (Å²) in [7, 11) is 0. The molecule has 5 heteroatoms. The lowest BCUT2D eigenvalue weighted by molar-refractivity contribution is -0.120. The number of halogens is 2. The van der Waals surface area contributed by atoms with E-state index in [2.05, 4.69) is 5.32 Å². The van der Waals surface area contributed by atoms with Gasteiger partial charge in [0.2, 0.25) is 5.91 Å². The summed E-state index contributed by atoms with van der Waals surface area (Å²) >= 11 is 11.7. The highest BCUT2D eigenvalue weighted by atomic mass is 35.5. The molecule has 0 spiro atoms. The summed E-state index contributed by atoms with van der Waals surface area (Å²) in [6, 6.07) is 13.8. The maximum absolute atomic E-state index is 11.8. The fourth-order valence-corrected chi connectivity index (χ4v) is 2.12. The lowest BCUT2D eigenvalue weighted by atomic mass is 10.1. The Morgan fingerprint density at radius 1 is 0.952 bits per heavy atom. The van der Waals surface area contributed by atoms with Crippen molar-refractivity contribution in [3.05, 3.63) is 69.7 Å². The Kier molecular flexibility index (Phi) is 5.37. The predicted octanol–water partition coefficient (Wildman–Crippen LogP) is 3.54. The van der Waals surface area contributed by atoms with Crippen LogP contribution in [0.2, 0.25) is 10.0 Å². The van der Waals surface area contributed by atoms with Gasteiger partial charge in [-0.2, -0.15) is 0 Å². The monoisotopic (exact) mass is 321 g/mol. The van der Waals surface area contributed by atoms with Crippen molar-refractivity contribution in [3.8, 4) is 0 Å². The molecule has 0 saturated heterocycles. The molecule has 3 nitrogen and oxygen atoms in total. The summed E-state index contributed by atoms with van der Waals surface area (Å²) in [5.74, 6) is -0.365. The third kappa shape index (κ3) is 4.59. The number of nitrogens with one attached hydrogen (secondary N) is 1. The zero-order valence-electron chi connectivity index (χ0n) is 11.1. The molecule has 2 aromatic carbocycles. The molecule has 1 amide bonds. The number of amides is 1. The molecule has 0 aliphatic rings. The van der Waals surface area contributed by atoms with Gasteiger partial charge in [-0.3, -0.25) is 9.59 Å². The smallest absolute Gasteiger partial charge is 0.224 e. The maximum atomic E-state index is 11.8. The number of carbonyl (C=O) groups is 2. The molecule has 0 radical (unpaired) electrons. The van der Waals surface area contributed by atoms with Gasteiger partial charge in [0, 0.05) is 5.56 Å². The van der Waals surface area contributed by atoms with E-state index in [-0.39, 0.29) is 24.7 Å². The number of hydrogen-bond acceptors (Lipinski definition) is 2. The van der Waals surface area contributed by atoms with Crippen LogP contribution in [-0.2, 0) is 11.2 Å². The summed E-state index contributed by atoms with van der Waals surface area (Å²) in [5, 5.41) is 3.45. The Hall–Kier alpha value is -1.84. The topological polar surface area (TPSA) is 46.2 Å². The van der Waals surface area contributed by atoms with Gasteiger partial charge in [-0.15, -0.1) is 0 Å². The fraction of sp³-hybridized carbons (Fsp3) is 0.125. The Balaban J connectivity index is 1.87. The first-order valence-electron chi connectivity index (χ1n) is 6.35. The number of ketones is 1. The molecule has 0 aromatic heterocycles. The third-order valence-corrected chi connectivity index (χ3v) is 3.63. The van der Waals surface area contributed by atoms with Crippen LogP contribution in [0.3, 0.4) is 0 Å². The molecular weight excluding hydrogens is 309 g/mol. The van der Waals surface area contributed by atoms with Crippen molar-refractivity contribution in [2.45, 2.75) is 6.42 Å². The standard InChI is InChI=1S/C16H13Cl2NO2/c17-13-7-6-11(8-14(13)18)9-16(21)19-10-15(20)12-4-2-1-3-5-12/h1-8H,9-10H2,(H,19,21). The Morgan fingerprint density at radius 2 is 1.67 bits per heavy atom. The highest BCUT2D eigenvalue weighted by molar-refractivity contribution is 6.42. The minimum atomic E-state index is -0.238. The molecule has 0 aliphatic carbocycles. The van der Waals surface area contributed by atoms with Crippen LogP contribution in [0.5, 0.6) is 0 Å². The maximum Gasteiger partial charge on any atom is 0.224 e. The molecule has 2 rings (SSSR count). The minimum absolute atomic E-state index is 0.0236. The number of rotatable bonds is 5. The Labute approximate surface area is 132 Å². The van der Waals surface area contributed by atoms with Crippen LogP contribution in [0.15, 0.2) is 48.5 Å². The molecule has 1 N–H and O–H groups in total. The van der Waals surface area contributed by atoms with Gasteiger partial charge in [-0.1, -0.05) is 59.6 Å². The molecule has 2 aromatic rings. The van der Waals surface area contributed by atoms with Gasteiger partial charge < -0.3 is 5.32 Å². The van der Waals surface area contributed by atoms with Crippen LogP contribution in [0.25, 0.3) is 0 Å². The lowest BCUT2D eigenvalue weighted by Gasteiger charge is -2.06. The molecule has 0 bridgehead atoms. The average molecular weight is 322 g/mol. The van der Waals surface area contributed by atoms with Crippen molar-refractivity contribution >= 4 is 34.9 Å². The Bertz CT molecular complexity index is 657. The summed E-state index contributed by atoms with van der Waals surface area (Å²) in [6.45, 7) is -0.0236. The van der Waals surface area contributed by atoms with Crippen molar-refractivity contribution in [2.24, 2.45) is 0 Å². The largest absolute Gasteiger partial charge is 0.348 e. The molecule has 21 heavy (non-hydrogen) atoms. The van der Waals surface area contributed by atoms with E-state index in [4.69, 9.17) is 23.2 Å². The number of Topliss-reactive ketones (excluding diaryl/α,β-unsaturated/α-hetero) is 1. The summed E-state index contributed by atoms with van der Waals surface area (Å²) in [5.41, 5.74) is 1.32. The van der Waals surface area contributed by atoms with Crippen molar-refractivity contribution < 1.29 is 9.59 Å². The van der Waals surface area contributed by atoms with E-state index in [0.717, 1.165) is 5.56 Å². The minimum Gasteiger partial charge on any atom is -0.348 e. The van der Waals surface area contributed by atoms with Crippen LogP contribution in [-0.4, -0.2) is 18.2 Å². The first kappa shape index (κ1) is 15.5. The number of carbonyl (C=O) groups excluding carboxylic acids is 2. The molecule has 0 saturated carbocycles. The van der Waals surface area contributed by atoms with E-state index in [0.29, 0.717) is 15.6 Å². The van der Waals surface area contributed by atoms with E-state index >= 15 is 0 Å². The van der Waals surface area contributed by atoms with Crippen LogP contribution in [0.4, 0.5) is 0 Å². The Morgan fingerprint density at radius 3 is 2.33 bits per heavy atom. The summed E-state index contributed by atoms with van der Waals surface area (Å²) < 4.78 is 0. The van der Waals surface area contributed by atoms with E-state index < -0.39 is 0 Å². The summed E-state index contributed by atoms with van der Waals surface area (Å²) in [4.78, 5) is 23.7. The van der Waals surface area contributed by atoms with Gasteiger partial charge in [0.1, 0.15) is 0 Å². The van der Waals surface area contributed by atoms with Crippen LogP contribution in [0.1, 0.15) is 15.9 Å². The van der Waals surface area contributed by atoms with E-state index in [1.165, 1.54) is 0 Å². The van der Waals surface area contributed by atoms with E-state index in [1.54, 1.807) is 42.5 Å². The molecule has 0 aliphatic heterocycles. The normalized spacial score (nSPS) is 10.2. The van der Waals surface area contributed by atoms with Gasteiger partial charge in [-0.05, 0) is 17.7 Å². The molecule has 0 unspecified atom stereocenters. The molecule has 0 heterocycles. The predicted molar refractivity (Wildman–Crippen MR) is 83.9 cm³/mol. The van der Waals surface area contributed by atoms with Crippen LogP contribution >= 0.6 is 23.2 Å². The van der Waals surface area contributed by atoms with Crippen LogP contribution < -0.4 is 5.32 Å². The van der Waals surface area contributed by atoms with Crippen molar-refractivity contribution in [1.82, 2.24) is 5.32 Å². The second kappa shape index (κ2) is 7.25. The van der Waals surface area contributed by atoms with Gasteiger partial charge in [-0.25, -0.2) is 0 Å². The molecule has 0 fully saturated rings. The first-order valence-corrected chi connectivity index (χ1v) is 7.11. The number of hydrogen-bond donors (Lipinski definition) is 1. The number of benzene rings is 2. The highest BCUT2D eigenvalue weighted by Crippen LogP contribution is 2.22. The fourth-order valence-electron chi connectivity index (χ4n) is 1.80. The van der Waals surface area contributed by atoms with Gasteiger partial charge in [0.25, 0.3) is 0 Å². The van der Waals surface area contributed by atoms with Crippen molar-refractivity contribution in [2.75, 3.05) is 6.54 Å². The zero-order chi connectivity index (χ0) is 15.2. The second-order valence-corrected chi connectivity index (χ2v) is 5.31. The average Bonchev–Trinajstić information content (AvgIpc) is 2.49. The lowest BCUT2D eigenvalue weighted by Crippen LogP contribution is -2.30. The van der Waals surface area contributed by atoms with Crippen molar-refractivity contribution in [3.63, 3.8) is 0 Å². The van der Waals surface area contributed by atoms with Crippen molar-refractivity contribution in [1.29, 1.82) is 0 Å². The first-order chi connectivity index (χ1) is 10.1. The van der Waals surface area contributed by atoms with Gasteiger partial charge >= 0.3 is 0 Å². The third-order valence-electron chi connectivity index (χ3n) is 2.89. The van der Waals surface area contributed by atoms with E-state index in [1.807, 2.05) is 6.07 Å². The molecular formula is C16H13Cl2NO2.